The van der Waals surface area contributed by atoms with Crippen LogP contribution in [0.1, 0.15) is 41.3 Å². The number of hydrogen-bond acceptors (Lipinski definition) is 4. The lowest BCUT2D eigenvalue weighted by atomic mass is 9.94. The zero-order valence-corrected chi connectivity index (χ0v) is 16.6. The van der Waals surface area contributed by atoms with Crippen LogP contribution in [0.5, 0.6) is 0 Å². The van der Waals surface area contributed by atoms with E-state index in [0.29, 0.717) is 5.56 Å². The molecule has 4 heteroatoms. The first-order valence-corrected chi connectivity index (χ1v) is 10.4. The van der Waals surface area contributed by atoms with Gasteiger partial charge in [0.1, 0.15) is 6.10 Å². The van der Waals surface area contributed by atoms with Gasteiger partial charge in [-0.2, -0.15) is 0 Å². The highest BCUT2D eigenvalue weighted by Gasteiger charge is 2.23. The summed E-state index contributed by atoms with van der Waals surface area (Å²) >= 11 is 0. The molecule has 1 saturated heterocycles. The van der Waals surface area contributed by atoms with E-state index in [4.69, 9.17) is 9.47 Å². The van der Waals surface area contributed by atoms with Crippen LogP contribution in [0.15, 0.2) is 84.1 Å². The highest BCUT2D eigenvalue weighted by molar-refractivity contribution is 5.89. The van der Waals surface area contributed by atoms with E-state index in [2.05, 4.69) is 17.1 Å². The first-order chi connectivity index (χ1) is 14.3. The standard InChI is InChI=1S/C25H27NO3/c27-25(21-11-5-2-6-12-21)29-24(20-9-3-1-4-10-20)19-22-13-7-8-14-23(22)26-15-17-28-18-16-26/h1-6,9-12,14,19,24H,7-8,13,15-18H2/b22-19-/t24-/m0/s1. The molecular formula is C25H27NO3. The minimum atomic E-state index is -0.415. The topological polar surface area (TPSA) is 38.8 Å². The molecule has 0 unspecified atom stereocenters. The minimum absolute atomic E-state index is 0.302. The molecular weight excluding hydrogens is 362 g/mol. The molecule has 0 bridgehead atoms. The summed E-state index contributed by atoms with van der Waals surface area (Å²) in [6.07, 6.45) is 7.24. The normalized spacial score (nSPS) is 19.5. The van der Waals surface area contributed by atoms with E-state index in [9.17, 15) is 4.79 Å². The SMILES string of the molecule is O=C(O[C@@H](/C=C1/CCCC=C1N1CCOCC1)c1ccccc1)c1ccccc1. The van der Waals surface area contributed by atoms with Crippen molar-refractivity contribution in [3.8, 4) is 0 Å². The molecule has 1 fully saturated rings. The smallest absolute Gasteiger partial charge is 0.339 e. The van der Waals surface area contributed by atoms with Crippen LogP contribution < -0.4 is 0 Å². The molecule has 1 aliphatic heterocycles. The van der Waals surface area contributed by atoms with Crippen LogP contribution in [0.2, 0.25) is 0 Å². The first-order valence-electron chi connectivity index (χ1n) is 10.4. The molecule has 0 amide bonds. The van der Waals surface area contributed by atoms with E-state index >= 15 is 0 Å². The lowest BCUT2D eigenvalue weighted by molar-refractivity contribution is 0.0388. The Kier molecular flexibility index (Phi) is 6.42. The van der Waals surface area contributed by atoms with E-state index in [1.54, 1.807) is 12.1 Å². The van der Waals surface area contributed by atoms with Crippen LogP contribution in [0.25, 0.3) is 0 Å². The largest absolute Gasteiger partial charge is 0.450 e. The molecule has 1 aliphatic carbocycles. The lowest BCUT2D eigenvalue weighted by Gasteiger charge is -2.34. The molecule has 0 radical (unpaired) electrons. The Morgan fingerprint density at radius 1 is 1.00 bits per heavy atom. The highest BCUT2D eigenvalue weighted by atomic mass is 16.5. The van der Waals surface area contributed by atoms with Crippen molar-refractivity contribution in [3.63, 3.8) is 0 Å². The summed E-state index contributed by atoms with van der Waals surface area (Å²) in [6.45, 7) is 3.33. The number of ether oxygens (including phenoxy) is 2. The molecule has 2 aromatic carbocycles. The molecule has 1 atom stereocenters. The number of hydrogen-bond donors (Lipinski definition) is 0. The van der Waals surface area contributed by atoms with Crippen molar-refractivity contribution in [2.24, 2.45) is 0 Å². The maximum atomic E-state index is 12.8. The zero-order chi connectivity index (χ0) is 19.9. The van der Waals surface area contributed by atoms with Crippen molar-refractivity contribution >= 4 is 5.97 Å². The van der Waals surface area contributed by atoms with Gasteiger partial charge < -0.3 is 14.4 Å². The Labute approximate surface area is 172 Å². The van der Waals surface area contributed by atoms with Gasteiger partial charge in [0.25, 0.3) is 0 Å². The predicted octanol–water partition coefficient (Wildman–Crippen LogP) is 4.91. The Balaban J connectivity index is 1.62. The maximum Gasteiger partial charge on any atom is 0.339 e. The fraction of sp³-hybridized carbons (Fsp3) is 0.320. The average Bonchev–Trinajstić information content (AvgIpc) is 2.80. The molecule has 0 aromatic heterocycles. The van der Waals surface area contributed by atoms with E-state index in [0.717, 1.165) is 51.1 Å². The van der Waals surface area contributed by atoms with Crippen molar-refractivity contribution in [1.29, 1.82) is 0 Å². The molecule has 2 aliphatic rings. The summed E-state index contributed by atoms with van der Waals surface area (Å²) in [5.41, 5.74) is 4.08. The van der Waals surface area contributed by atoms with Gasteiger partial charge in [-0.1, -0.05) is 54.6 Å². The third kappa shape index (κ3) is 4.96. The van der Waals surface area contributed by atoms with Crippen molar-refractivity contribution in [2.75, 3.05) is 26.3 Å². The maximum absolute atomic E-state index is 12.8. The van der Waals surface area contributed by atoms with E-state index in [1.165, 1.54) is 11.3 Å². The van der Waals surface area contributed by atoms with Gasteiger partial charge in [-0.25, -0.2) is 4.79 Å². The van der Waals surface area contributed by atoms with Crippen LogP contribution in [0, 0.1) is 0 Å². The predicted molar refractivity (Wildman–Crippen MR) is 113 cm³/mol. The van der Waals surface area contributed by atoms with Gasteiger partial charge >= 0.3 is 5.97 Å². The molecule has 4 rings (SSSR count). The second-order valence-corrected chi connectivity index (χ2v) is 7.38. The second kappa shape index (κ2) is 9.57. The molecule has 1 heterocycles. The third-order valence-electron chi connectivity index (χ3n) is 5.39. The Hall–Kier alpha value is -2.85. The molecule has 2 aromatic rings. The first kappa shape index (κ1) is 19.5. The van der Waals surface area contributed by atoms with Crippen LogP contribution >= 0.6 is 0 Å². The third-order valence-corrected chi connectivity index (χ3v) is 5.39. The number of nitrogens with zero attached hydrogens (tertiary/aromatic N) is 1. The Morgan fingerprint density at radius 2 is 1.69 bits per heavy atom. The Morgan fingerprint density at radius 3 is 2.41 bits per heavy atom. The van der Waals surface area contributed by atoms with Crippen LogP contribution in [-0.4, -0.2) is 37.2 Å². The number of carbonyl (C=O) groups excluding carboxylic acids is 1. The quantitative estimate of drug-likeness (QED) is 0.681. The van der Waals surface area contributed by atoms with Gasteiger partial charge in [-0.05, 0) is 48.6 Å². The van der Waals surface area contributed by atoms with Crippen molar-refractivity contribution in [2.45, 2.75) is 25.4 Å². The van der Waals surface area contributed by atoms with Gasteiger partial charge in [0.05, 0.1) is 18.8 Å². The summed E-state index contributed by atoms with van der Waals surface area (Å²) in [7, 11) is 0. The number of esters is 1. The summed E-state index contributed by atoms with van der Waals surface area (Å²) in [4.78, 5) is 15.2. The van der Waals surface area contributed by atoms with Gasteiger partial charge in [0.15, 0.2) is 0 Å². The molecule has 29 heavy (non-hydrogen) atoms. The number of morpholine rings is 1. The van der Waals surface area contributed by atoms with E-state index < -0.39 is 6.10 Å². The molecule has 0 saturated carbocycles. The van der Waals surface area contributed by atoms with Gasteiger partial charge in [0.2, 0.25) is 0 Å². The highest BCUT2D eigenvalue weighted by Crippen LogP contribution is 2.32. The summed E-state index contributed by atoms with van der Waals surface area (Å²) in [5.74, 6) is -0.302. The van der Waals surface area contributed by atoms with Gasteiger partial charge in [0, 0.05) is 18.8 Å². The van der Waals surface area contributed by atoms with Crippen molar-refractivity contribution in [3.05, 3.63) is 95.2 Å². The van der Waals surface area contributed by atoms with E-state index in [-0.39, 0.29) is 5.97 Å². The van der Waals surface area contributed by atoms with Crippen LogP contribution in [0.3, 0.4) is 0 Å². The molecule has 0 spiro atoms. The molecule has 150 valence electrons. The fourth-order valence-corrected chi connectivity index (χ4v) is 3.88. The lowest BCUT2D eigenvalue weighted by Crippen LogP contribution is -2.36. The number of allylic oxidation sites excluding steroid dienone is 2. The number of rotatable bonds is 5. The number of carbonyl (C=O) groups is 1. The zero-order valence-electron chi connectivity index (χ0n) is 16.6. The van der Waals surface area contributed by atoms with E-state index in [1.807, 2.05) is 48.5 Å². The van der Waals surface area contributed by atoms with Crippen LogP contribution in [0.4, 0.5) is 0 Å². The average molecular weight is 389 g/mol. The molecule has 0 N–H and O–H groups in total. The fourth-order valence-electron chi connectivity index (χ4n) is 3.88. The monoisotopic (exact) mass is 389 g/mol. The number of benzene rings is 2. The minimum Gasteiger partial charge on any atom is -0.450 e. The Bertz CT molecular complexity index is 867. The summed E-state index contributed by atoms with van der Waals surface area (Å²) in [6, 6.07) is 19.2. The molecule has 4 nitrogen and oxygen atoms in total. The second-order valence-electron chi connectivity index (χ2n) is 7.38. The van der Waals surface area contributed by atoms with Crippen molar-refractivity contribution < 1.29 is 14.3 Å². The van der Waals surface area contributed by atoms with Gasteiger partial charge in [-0.15, -0.1) is 0 Å². The summed E-state index contributed by atoms with van der Waals surface area (Å²) in [5, 5.41) is 0. The van der Waals surface area contributed by atoms with Gasteiger partial charge in [-0.3, -0.25) is 0 Å². The summed E-state index contributed by atoms with van der Waals surface area (Å²) < 4.78 is 11.5. The van der Waals surface area contributed by atoms with Crippen LogP contribution in [-0.2, 0) is 9.47 Å². The van der Waals surface area contributed by atoms with Crippen molar-refractivity contribution in [1.82, 2.24) is 4.90 Å².